The molecule has 15 heavy (non-hydrogen) atoms. The monoisotopic (exact) mass is 336 g/mol. The number of pyridine rings is 1. The third kappa shape index (κ3) is 3.71. The van der Waals surface area contributed by atoms with Gasteiger partial charge in [-0.3, -0.25) is 0 Å². The van der Waals surface area contributed by atoms with Gasteiger partial charge in [0.1, 0.15) is 5.82 Å². The summed E-state index contributed by atoms with van der Waals surface area (Å²) in [6.07, 6.45) is 1.76. The van der Waals surface area contributed by atoms with Gasteiger partial charge in [0.2, 0.25) is 0 Å². The number of hydrogen-bond acceptors (Lipinski definition) is 4. The maximum Gasteiger partial charge on any atom is 0.143 e. The summed E-state index contributed by atoms with van der Waals surface area (Å²) in [4.78, 5) is 6.40. The SMILES string of the molecule is NCCN(CCN)c1ncc(Br)cc1Br. The van der Waals surface area contributed by atoms with Crippen molar-refractivity contribution in [3.63, 3.8) is 0 Å². The minimum absolute atomic E-state index is 0.587. The van der Waals surface area contributed by atoms with Crippen LogP contribution in [-0.4, -0.2) is 31.2 Å². The molecule has 1 aromatic rings. The average molecular weight is 338 g/mol. The highest BCUT2D eigenvalue weighted by atomic mass is 79.9. The molecule has 0 aliphatic rings. The zero-order valence-corrected chi connectivity index (χ0v) is 11.5. The molecule has 4 nitrogen and oxygen atoms in total. The Morgan fingerprint density at radius 1 is 1.20 bits per heavy atom. The highest BCUT2D eigenvalue weighted by Crippen LogP contribution is 2.26. The standard InChI is InChI=1S/C9H14Br2N4/c10-7-5-8(11)9(14-6-7)15(3-1-12)4-2-13/h5-6H,1-4,12-13H2. The molecule has 0 saturated carbocycles. The van der Waals surface area contributed by atoms with Crippen LogP contribution in [0.4, 0.5) is 5.82 Å². The Kier molecular flexibility index (Phi) is 5.52. The number of rotatable bonds is 5. The molecule has 0 fully saturated rings. The molecule has 1 heterocycles. The van der Waals surface area contributed by atoms with Gasteiger partial charge in [0.25, 0.3) is 0 Å². The number of nitrogens with zero attached hydrogens (tertiary/aromatic N) is 2. The van der Waals surface area contributed by atoms with Crippen molar-refractivity contribution in [2.75, 3.05) is 31.1 Å². The largest absolute Gasteiger partial charge is 0.353 e. The summed E-state index contributed by atoms with van der Waals surface area (Å²) in [7, 11) is 0. The van der Waals surface area contributed by atoms with Crippen LogP contribution < -0.4 is 16.4 Å². The fraction of sp³-hybridized carbons (Fsp3) is 0.444. The lowest BCUT2D eigenvalue weighted by Crippen LogP contribution is -2.34. The molecular weight excluding hydrogens is 324 g/mol. The third-order valence-corrected chi connectivity index (χ3v) is 2.90. The minimum Gasteiger partial charge on any atom is -0.353 e. The normalized spacial score (nSPS) is 10.4. The number of hydrogen-bond donors (Lipinski definition) is 2. The third-order valence-electron chi connectivity index (χ3n) is 1.89. The smallest absolute Gasteiger partial charge is 0.143 e. The van der Waals surface area contributed by atoms with E-state index in [-0.39, 0.29) is 0 Å². The molecule has 0 aliphatic heterocycles. The van der Waals surface area contributed by atoms with Gasteiger partial charge in [-0.25, -0.2) is 4.98 Å². The van der Waals surface area contributed by atoms with E-state index >= 15 is 0 Å². The second-order valence-corrected chi connectivity index (χ2v) is 4.79. The molecule has 0 unspecified atom stereocenters. The van der Waals surface area contributed by atoms with E-state index in [2.05, 4.69) is 41.7 Å². The van der Waals surface area contributed by atoms with Crippen molar-refractivity contribution < 1.29 is 0 Å². The van der Waals surface area contributed by atoms with Gasteiger partial charge in [0.05, 0.1) is 4.47 Å². The van der Waals surface area contributed by atoms with E-state index in [1.165, 1.54) is 0 Å². The molecule has 1 rings (SSSR count). The molecule has 0 atom stereocenters. The molecule has 6 heteroatoms. The van der Waals surface area contributed by atoms with Crippen LogP contribution in [0.1, 0.15) is 0 Å². The van der Waals surface area contributed by atoms with Crippen LogP contribution in [0.15, 0.2) is 21.2 Å². The second-order valence-electron chi connectivity index (χ2n) is 3.02. The van der Waals surface area contributed by atoms with Gasteiger partial charge in [0, 0.05) is 36.8 Å². The van der Waals surface area contributed by atoms with E-state index < -0.39 is 0 Å². The van der Waals surface area contributed by atoms with Crippen LogP contribution in [0.3, 0.4) is 0 Å². The fourth-order valence-corrected chi connectivity index (χ4v) is 2.51. The van der Waals surface area contributed by atoms with Crippen LogP contribution in [0.2, 0.25) is 0 Å². The van der Waals surface area contributed by atoms with Gasteiger partial charge in [-0.1, -0.05) is 0 Å². The lowest BCUT2D eigenvalue weighted by Gasteiger charge is -2.23. The predicted octanol–water partition coefficient (Wildman–Crippen LogP) is 1.33. The lowest BCUT2D eigenvalue weighted by molar-refractivity contribution is 0.767. The zero-order valence-electron chi connectivity index (χ0n) is 8.29. The van der Waals surface area contributed by atoms with Crippen molar-refractivity contribution in [3.05, 3.63) is 21.2 Å². The maximum atomic E-state index is 5.54. The first-order valence-corrected chi connectivity index (χ1v) is 6.23. The lowest BCUT2D eigenvalue weighted by atomic mass is 10.4. The van der Waals surface area contributed by atoms with Crippen molar-refractivity contribution in [1.29, 1.82) is 0 Å². The molecule has 0 saturated heterocycles. The average Bonchev–Trinajstić information content (AvgIpc) is 2.17. The highest BCUT2D eigenvalue weighted by Gasteiger charge is 2.10. The molecule has 0 amide bonds. The quantitative estimate of drug-likeness (QED) is 0.850. The number of halogens is 2. The van der Waals surface area contributed by atoms with Crippen molar-refractivity contribution in [3.8, 4) is 0 Å². The Labute approximate surface area is 106 Å². The van der Waals surface area contributed by atoms with Crippen molar-refractivity contribution >= 4 is 37.7 Å². The summed E-state index contributed by atoms with van der Waals surface area (Å²) < 4.78 is 1.89. The van der Waals surface area contributed by atoms with E-state index in [1.807, 2.05) is 6.07 Å². The van der Waals surface area contributed by atoms with E-state index in [0.717, 1.165) is 27.9 Å². The first kappa shape index (κ1) is 12.9. The first-order chi connectivity index (χ1) is 7.19. The Morgan fingerprint density at radius 2 is 1.80 bits per heavy atom. The van der Waals surface area contributed by atoms with Gasteiger partial charge in [-0.15, -0.1) is 0 Å². The molecule has 0 aliphatic carbocycles. The van der Waals surface area contributed by atoms with E-state index in [0.29, 0.717) is 13.1 Å². The molecule has 0 radical (unpaired) electrons. The number of anilines is 1. The Morgan fingerprint density at radius 3 is 2.27 bits per heavy atom. The predicted molar refractivity (Wildman–Crippen MR) is 70.0 cm³/mol. The van der Waals surface area contributed by atoms with Gasteiger partial charge in [-0.05, 0) is 37.9 Å². The van der Waals surface area contributed by atoms with Crippen molar-refractivity contribution in [2.45, 2.75) is 0 Å². The molecule has 84 valence electrons. The van der Waals surface area contributed by atoms with Crippen LogP contribution >= 0.6 is 31.9 Å². The molecule has 0 aromatic carbocycles. The van der Waals surface area contributed by atoms with Crippen molar-refractivity contribution in [2.24, 2.45) is 11.5 Å². The summed E-state index contributed by atoms with van der Waals surface area (Å²) in [6.45, 7) is 2.68. The van der Waals surface area contributed by atoms with Gasteiger partial charge < -0.3 is 16.4 Å². The summed E-state index contributed by atoms with van der Waals surface area (Å²) in [5.41, 5.74) is 11.1. The summed E-state index contributed by atoms with van der Waals surface area (Å²) in [6, 6.07) is 1.96. The first-order valence-electron chi connectivity index (χ1n) is 4.65. The molecule has 0 bridgehead atoms. The van der Waals surface area contributed by atoms with Crippen LogP contribution in [-0.2, 0) is 0 Å². The summed E-state index contributed by atoms with van der Waals surface area (Å²) in [5.74, 6) is 0.883. The Bertz CT molecular complexity index is 313. The van der Waals surface area contributed by atoms with Gasteiger partial charge in [0.15, 0.2) is 0 Å². The minimum atomic E-state index is 0.587. The van der Waals surface area contributed by atoms with Crippen LogP contribution in [0.5, 0.6) is 0 Å². The van der Waals surface area contributed by atoms with Crippen LogP contribution in [0, 0.1) is 0 Å². The molecule has 4 N–H and O–H groups in total. The van der Waals surface area contributed by atoms with E-state index in [9.17, 15) is 0 Å². The Balaban J connectivity index is 2.89. The molecule has 0 spiro atoms. The second kappa shape index (κ2) is 6.42. The number of aromatic nitrogens is 1. The zero-order chi connectivity index (χ0) is 11.3. The van der Waals surface area contributed by atoms with Crippen LogP contribution in [0.25, 0.3) is 0 Å². The topological polar surface area (TPSA) is 68.2 Å². The number of nitrogens with two attached hydrogens (primary N) is 2. The molecular formula is C9H14Br2N4. The van der Waals surface area contributed by atoms with E-state index in [4.69, 9.17) is 11.5 Å². The van der Waals surface area contributed by atoms with Crippen molar-refractivity contribution in [1.82, 2.24) is 4.98 Å². The Hall–Kier alpha value is -0.170. The van der Waals surface area contributed by atoms with E-state index in [1.54, 1.807) is 6.20 Å². The summed E-state index contributed by atoms with van der Waals surface area (Å²) >= 11 is 6.83. The van der Waals surface area contributed by atoms with Gasteiger partial charge >= 0.3 is 0 Å². The van der Waals surface area contributed by atoms with Gasteiger partial charge in [-0.2, -0.15) is 0 Å². The fourth-order valence-electron chi connectivity index (χ4n) is 1.28. The highest BCUT2D eigenvalue weighted by molar-refractivity contribution is 9.11. The molecule has 1 aromatic heterocycles. The summed E-state index contributed by atoms with van der Waals surface area (Å²) in [5, 5.41) is 0. The maximum absolute atomic E-state index is 5.54.